The van der Waals surface area contributed by atoms with Gasteiger partial charge in [0.2, 0.25) is 0 Å². The van der Waals surface area contributed by atoms with Crippen molar-refractivity contribution in [2.24, 2.45) is 10.4 Å². The van der Waals surface area contributed by atoms with E-state index in [0.717, 1.165) is 25.6 Å². The molecule has 0 radical (unpaired) electrons. The van der Waals surface area contributed by atoms with Crippen molar-refractivity contribution < 1.29 is 8.42 Å². The Labute approximate surface area is 174 Å². The fourth-order valence-corrected chi connectivity index (χ4v) is 5.23. The van der Waals surface area contributed by atoms with E-state index in [0.29, 0.717) is 16.9 Å². The number of sulfone groups is 1. The molecule has 1 aliphatic heterocycles. The summed E-state index contributed by atoms with van der Waals surface area (Å²) in [6.45, 7) is 5.23. The Hall–Kier alpha value is -0.830. The van der Waals surface area contributed by atoms with Crippen molar-refractivity contribution in [3.63, 3.8) is 0 Å². The zero-order valence-electron chi connectivity index (χ0n) is 15.5. The second-order valence-corrected chi connectivity index (χ2v) is 9.36. The van der Waals surface area contributed by atoms with E-state index in [1.165, 1.54) is 32.1 Å². The van der Waals surface area contributed by atoms with Crippen LogP contribution in [0, 0.1) is 5.41 Å². The fourth-order valence-electron chi connectivity index (χ4n) is 4.09. The Morgan fingerprint density at radius 3 is 2.54 bits per heavy atom. The lowest BCUT2D eigenvalue weighted by Crippen LogP contribution is -2.41. The molecule has 3 rings (SSSR count). The van der Waals surface area contributed by atoms with E-state index in [9.17, 15) is 8.42 Å². The maximum Gasteiger partial charge on any atom is 0.193 e. The lowest BCUT2D eigenvalue weighted by molar-refractivity contribution is 0.309. The fraction of sp³-hybridized carbons (Fsp3) is 0.632. The van der Waals surface area contributed by atoms with Crippen LogP contribution < -0.4 is 5.32 Å². The van der Waals surface area contributed by atoms with E-state index in [2.05, 4.69) is 22.1 Å². The Balaban J connectivity index is 0.00000243. The van der Waals surface area contributed by atoms with Gasteiger partial charge in [0.05, 0.1) is 17.2 Å². The smallest absolute Gasteiger partial charge is 0.193 e. The molecule has 1 spiro atoms. The zero-order valence-corrected chi connectivity index (χ0v) is 18.6. The number of benzene rings is 1. The van der Waals surface area contributed by atoms with Crippen LogP contribution in [-0.4, -0.2) is 51.2 Å². The molecule has 1 aliphatic carbocycles. The molecule has 2 aliphatic rings. The molecule has 26 heavy (non-hydrogen) atoms. The van der Waals surface area contributed by atoms with Crippen LogP contribution in [0.1, 0.15) is 39.0 Å². The van der Waals surface area contributed by atoms with Crippen LogP contribution in [0.5, 0.6) is 0 Å². The van der Waals surface area contributed by atoms with Crippen molar-refractivity contribution in [2.45, 2.75) is 43.9 Å². The summed E-state index contributed by atoms with van der Waals surface area (Å²) < 4.78 is 24.8. The van der Waals surface area contributed by atoms with Crippen LogP contribution in [0.3, 0.4) is 0 Å². The van der Waals surface area contributed by atoms with Crippen LogP contribution in [0.25, 0.3) is 0 Å². The van der Waals surface area contributed by atoms with E-state index < -0.39 is 9.84 Å². The summed E-state index contributed by atoms with van der Waals surface area (Å²) >= 11 is 0. The summed E-state index contributed by atoms with van der Waals surface area (Å²) in [7, 11) is -3.27. The second kappa shape index (κ2) is 9.39. The minimum absolute atomic E-state index is 0. The largest absolute Gasteiger partial charge is 0.357 e. The van der Waals surface area contributed by atoms with Gasteiger partial charge in [0, 0.05) is 19.6 Å². The average Bonchev–Trinajstić information content (AvgIpc) is 3.25. The molecule has 1 heterocycles. The Bertz CT molecular complexity index is 701. The summed E-state index contributed by atoms with van der Waals surface area (Å²) in [4.78, 5) is 7.31. The molecule has 0 amide bonds. The van der Waals surface area contributed by atoms with Gasteiger partial charge >= 0.3 is 0 Å². The topological polar surface area (TPSA) is 61.8 Å². The van der Waals surface area contributed by atoms with Gasteiger partial charge in [-0.1, -0.05) is 31.0 Å². The van der Waals surface area contributed by atoms with Gasteiger partial charge in [-0.2, -0.15) is 0 Å². The van der Waals surface area contributed by atoms with Crippen LogP contribution >= 0.6 is 24.0 Å². The summed E-state index contributed by atoms with van der Waals surface area (Å²) in [6, 6.07) is 8.63. The first-order chi connectivity index (χ1) is 12.0. The number of nitrogens with one attached hydrogen (secondary N) is 1. The first-order valence-electron chi connectivity index (χ1n) is 9.36. The minimum atomic E-state index is -3.27. The molecule has 1 saturated carbocycles. The highest BCUT2D eigenvalue weighted by molar-refractivity contribution is 14.0. The monoisotopic (exact) mass is 491 g/mol. The van der Waals surface area contributed by atoms with Crippen molar-refractivity contribution in [1.82, 2.24) is 10.2 Å². The predicted octanol–water partition coefficient (Wildman–Crippen LogP) is 3.31. The molecule has 146 valence electrons. The number of rotatable bonds is 5. The van der Waals surface area contributed by atoms with Gasteiger partial charge in [-0.3, -0.25) is 4.99 Å². The second-order valence-electron chi connectivity index (χ2n) is 7.25. The van der Waals surface area contributed by atoms with Crippen molar-refractivity contribution >= 4 is 39.8 Å². The number of nitrogens with zero attached hydrogens (tertiary/aromatic N) is 2. The van der Waals surface area contributed by atoms with E-state index in [1.807, 2.05) is 6.07 Å². The Morgan fingerprint density at radius 1 is 1.19 bits per heavy atom. The van der Waals surface area contributed by atoms with Crippen LogP contribution in [0.2, 0.25) is 0 Å². The van der Waals surface area contributed by atoms with Gasteiger partial charge in [0.25, 0.3) is 0 Å². The van der Waals surface area contributed by atoms with Crippen molar-refractivity contribution in [1.29, 1.82) is 0 Å². The number of aliphatic imine (C=N–C) groups is 1. The van der Waals surface area contributed by atoms with Gasteiger partial charge in [-0.15, -0.1) is 24.0 Å². The number of hydrogen-bond donors (Lipinski definition) is 1. The molecule has 0 unspecified atom stereocenters. The molecule has 2 fully saturated rings. The van der Waals surface area contributed by atoms with Gasteiger partial charge in [0.1, 0.15) is 0 Å². The number of hydrogen-bond acceptors (Lipinski definition) is 3. The molecule has 1 aromatic carbocycles. The first kappa shape index (κ1) is 21.5. The molecular weight excluding hydrogens is 461 g/mol. The van der Waals surface area contributed by atoms with Gasteiger partial charge < -0.3 is 10.2 Å². The van der Waals surface area contributed by atoms with Gasteiger partial charge in [-0.05, 0) is 43.7 Å². The lowest BCUT2D eigenvalue weighted by atomic mass is 9.86. The molecule has 1 aromatic rings. The molecular formula is C19H30IN3O2S. The highest BCUT2D eigenvalue weighted by Gasteiger charge is 2.41. The molecule has 0 bridgehead atoms. The van der Waals surface area contributed by atoms with Crippen molar-refractivity contribution in [3.8, 4) is 0 Å². The number of guanidine groups is 1. The van der Waals surface area contributed by atoms with E-state index >= 15 is 0 Å². The maximum atomic E-state index is 12.4. The van der Waals surface area contributed by atoms with Crippen LogP contribution in [0.4, 0.5) is 0 Å². The van der Waals surface area contributed by atoms with Crippen molar-refractivity contribution in [2.75, 3.05) is 31.9 Å². The molecule has 1 N–H and O–H groups in total. The minimum Gasteiger partial charge on any atom is -0.357 e. The highest BCUT2D eigenvalue weighted by atomic mass is 127. The predicted molar refractivity (Wildman–Crippen MR) is 117 cm³/mol. The first-order valence-corrected chi connectivity index (χ1v) is 11.0. The van der Waals surface area contributed by atoms with Gasteiger partial charge in [0.15, 0.2) is 15.8 Å². The summed E-state index contributed by atoms with van der Waals surface area (Å²) in [5, 5.41) is 3.34. The Kier molecular flexibility index (Phi) is 7.76. The quantitative estimate of drug-likeness (QED) is 0.390. The molecule has 0 atom stereocenters. The molecule has 0 aromatic heterocycles. The standard InChI is InChI=1S/C19H29N3O2S.HI/c1-2-20-18(22-14-12-19(16-22)10-6-7-11-19)21-13-15-25(23,24)17-8-4-3-5-9-17;/h3-5,8-9H,2,6-7,10-16H2,1H3,(H,20,21);1H. The van der Waals surface area contributed by atoms with Crippen LogP contribution in [0.15, 0.2) is 40.2 Å². The maximum absolute atomic E-state index is 12.4. The van der Waals surface area contributed by atoms with Crippen LogP contribution in [-0.2, 0) is 9.84 Å². The number of likely N-dealkylation sites (tertiary alicyclic amines) is 1. The van der Waals surface area contributed by atoms with Gasteiger partial charge in [-0.25, -0.2) is 8.42 Å². The lowest BCUT2D eigenvalue weighted by Gasteiger charge is -2.26. The van der Waals surface area contributed by atoms with E-state index in [-0.39, 0.29) is 29.7 Å². The third-order valence-corrected chi connectivity index (χ3v) is 7.17. The normalized spacial score (nSPS) is 19.6. The third-order valence-electron chi connectivity index (χ3n) is 5.46. The SMILES string of the molecule is CCNC(=NCCS(=O)(=O)c1ccccc1)N1CCC2(CCCC2)C1.I. The Morgan fingerprint density at radius 2 is 1.88 bits per heavy atom. The molecule has 5 nitrogen and oxygen atoms in total. The molecule has 7 heteroatoms. The van der Waals surface area contributed by atoms with E-state index in [1.54, 1.807) is 24.3 Å². The highest BCUT2D eigenvalue weighted by Crippen LogP contribution is 2.45. The van der Waals surface area contributed by atoms with Crippen molar-refractivity contribution in [3.05, 3.63) is 30.3 Å². The zero-order chi connectivity index (χ0) is 17.8. The summed E-state index contributed by atoms with van der Waals surface area (Å²) in [5.41, 5.74) is 0.478. The summed E-state index contributed by atoms with van der Waals surface area (Å²) in [5.74, 6) is 0.916. The summed E-state index contributed by atoms with van der Waals surface area (Å²) in [6.07, 6.45) is 6.57. The van der Waals surface area contributed by atoms with E-state index in [4.69, 9.17) is 0 Å². The average molecular weight is 491 g/mol. The molecule has 1 saturated heterocycles. The number of halogens is 1. The third kappa shape index (κ3) is 5.12.